The highest BCUT2D eigenvalue weighted by molar-refractivity contribution is 5.80. The molecule has 0 amide bonds. The second-order valence-electron chi connectivity index (χ2n) is 5.06. The molecule has 3 heteroatoms. The minimum Gasteiger partial charge on any atom is -0.464 e. The van der Waals surface area contributed by atoms with E-state index in [9.17, 15) is 4.79 Å². The number of fused-ring (bicyclic) bond motifs is 2. The summed E-state index contributed by atoms with van der Waals surface area (Å²) in [7, 11) is 0. The molecule has 4 atom stereocenters. The molecular weight excluding hydrogens is 192 g/mol. The highest BCUT2D eigenvalue weighted by atomic mass is 16.7. The highest BCUT2D eigenvalue weighted by Gasteiger charge is 2.73. The van der Waals surface area contributed by atoms with Crippen LogP contribution in [-0.4, -0.2) is 24.3 Å². The number of hydrogen-bond donors (Lipinski definition) is 0. The van der Waals surface area contributed by atoms with E-state index in [1.54, 1.807) is 0 Å². The van der Waals surface area contributed by atoms with Crippen molar-refractivity contribution in [2.24, 2.45) is 11.8 Å². The minimum absolute atomic E-state index is 0.0721. The van der Waals surface area contributed by atoms with Crippen LogP contribution in [0.25, 0.3) is 0 Å². The van der Waals surface area contributed by atoms with Gasteiger partial charge in [0.15, 0.2) is 6.10 Å². The monoisotopic (exact) mass is 210 g/mol. The van der Waals surface area contributed by atoms with Crippen molar-refractivity contribution in [2.75, 3.05) is 6.61 Å². The average Bonchev–Trinajstić information content (AvgIpc) is 2.95. The normalized spacial score (nSPS) is 46.9. The van der Waals surface area contributed by atoms with Gasteiger partial charge in [0, 0.05) is 0 Å². The molecule has 0 N–H and O–H groups in total. The smallest absolute Gasteiger partial charge is 0.338 e. The quantitative estimate of drug-likeness (QED) is 0.516. The molecule has 0 aromatic rings. The SMILES string of the molecule is CCOC(=O)C1OC12C[C@@H]1CCCC[C@@H]12. The van der Waals surface area contributed by atoms with Crippen LogP contribution in [0.4, 0.5) is 0 Å². The number of esters is 1. The van der Waals surface area contributed by atoms with Crippen molar-refractivity contribution in [2.45, 2.75) is 50.7 Å². The number of rotatable bonds is 2. The fraction of sp³-hybridized carbons (Fsp3) is 0.917. The molecule has 1 heterocycles. The molecule has 3 nitrogen and oxygen atoms in total. The Morgan fingerprint density at radius 2 is 2.27 bits per heavy atom. The highest BCUT2D eigenvalue weighted by Crippen LogP contribution is 2.64. The lowest BCUT2D eigenvalue weighted by Crippen LogP contribution is -2.49. The van der Waals surface area contributed by atoms with E-state index in [-0.39, 0.29) is 17.7 Å². The topological polar surface area (TPSA) is 38.8 Å². The van der Waals surface area contributed by atoms with Crippen molar-refractivity contribution >= 4 is 5.97 Å². The Morgan fingerprint density at radius 3 is 3.00 bits per heavy atom. The van der Waals surface area contributed by atoms with Crippen molar-refractivity contribution in [3.05, 3.63) is 0 Å². The van der Waals surface area contributed by atoms with Crippen LogP contribution in [0.3, 0.4) is 0 Å². The number of epoxide rings is 1. The first-order valence-corrected chi connectivity index (χ1v) is 6.12. The summed E-state index contributed by atoms with van der Waals surface area (Å²) >= 11 is 0. The van der Waals surface area contributed by atoms with Gasteiger partial charge in [-0.15, -0.1) is 0 Å². The van der Waals surface area contributed by atoms with E-state index < -0.39 is 0 Å². The summed E-state index contributed by atoms with van der Waals surface area (Å²) in [6, 6.07) is 0. The third-order valence-electron chi connectivity index (χ3n) is 4.34. The molecule has 3 fully saturated rings. The number of ether oxygens (including phenoxy) is 2. The van der Waals surface area contributed by atoms with Crippen LogP contribution < -0.4 is 0 Å². The maximum atomic E-state index is 11.5. The van der Waals surface area contributed by atoms with Crippen LogP contribution in [0, 0.1) is 11.8 Å². The number of carbonyl (C=O) groups is 1. The van der Waals surface area contributed by atoms with Crippen LogP contribution in [-0.2, 0) is 14.3 Å². The van der Waals surface area contributed by atoms with Crippen LogP contribution in [0.5, 0.6) is 0 Å². The molecule has 0 radical (unpaired) electrons. The lowest BCUT2D eigenvalue weighted by atomic mass is 9.57. The molecule has 0 bridgehead atoms. The number of carbonyl (C=O) groups excluding carboxylic acids is 1. The predicted molar refractivity (Wildman–Crippen MR) is 54.3 cm³/mol. The molecule has 1 aliphatic heterocycles. The van der Waals surface area contributed by atoms with Gasteiger partial charge in [0.05, 0.1) is 6.61 Å². The predicted octanol–water partition coefficient (Wildman–Crippen LogP) is 1.90. The third-order valence-corrected chi connectivity index (χ3v) is 4.34. The molecular formula is C12H18O3. The number of hydrogen-bond acceptors (Lipinski definition) is 3. The molecule has 3 rings (SSSR count). The van der Waals surface area contributed by atoms with Gasteiger partial charge in [-0.2, -0.15) is 0 Å². The average molecular weight is 210 g/mol. The first kappa shape index (κ1) is 9.64. The molecule has 3 aliphatic rings. The summed E-state index contributed by atoms with van der Waals surface area (Å²) in [5, 5.41) is 0. The van der Waals surface area contributed by atoms with Crippen LogP contribution >= 0.6 is 0 Å². The molecule has 2 unspecified atom stereocenters. The Balaban J connectivity index is 1.63. The summed E-state index contributed by atoms with van der Waals surface area (Å²) in [6.45, 7) is 2.31. The van der Waals surface area contributed by atoms with Gasteiger partial charge in [-0.05, 0) is 38.0 Å². The van der Waals surface area contributed by atoms with Gasteiger partial charge < -0.3 is 9.47 Å². The largest absolute Gasteiger partial charge is 0.464 e. The Morgan fingerprint density at radius 1 is 1.47 bits per heavy atom. The van der Waals surface area contributed by atoms with Crippen molar-refractivity contribution < 1.29 is 14.3 Å². The molecule has 1 saturated heterocycles. The summed E-state index contributed by atoms with van der Waals surface area (Å²) in [6.07, 6.45) is 6.13. The van der Waals surface area contributed by atoms with Crippen molar-refractivity contribution in [3.8, 4) is 0 Å². The van der Waals surface area contributed by atoms with E-state index >= 15 is 0 Å². The maximum Gasteiger partial charge on any atom is 0.338 e. The van der Waals surface area contributed by atoms with Gasteiger partial charge in [0.1, 0.15) is 5.60 Å². The van der Waals surface area contributed by atoms with E-state index in [0.29, 0.717) is 12.5 Å². The van der Waals surface area contributed by atoms with E-state index in [2.05, 4.69) is 0 Å². The second-order valence-corrected chi connectivity index (χ2v) is 5.06. The van der Waals surface area contributed by atoms with Crippen molar-refractivity contribution in [3.63, 3.8) is 0 Å². The standard InChI is InChI=1S/C12H18O3/c1-2-14-11(13)10-12(15-10)7-8-5-3-4-6-9(8)12/h8-10H,2-7H2,1H3/t8-,9-,10?,12?/m0/s1. The third kappa shape index (κ3) is 1.25. The fourth-order valence-corrected chi connectivity index (χ4v) is 3.58. The van der Waals surface area contributed by atoms with Gasteiger partial charge in [-0.3, -0.25) is 0 Å². The lowest BCUT2D eigenvalue weighted by molar-refractivity contribution is -0.144. The van der Waals surface area contributed by atoms with Gasteiger partial charge in [-0.25, -0.2) is 4.79 Å². The zero-order valence-electron chi connectivity index (χ0n) is 9.20. The van der Waals surface area contributed by atoms with E-state index in [1.165, 1.54) is 25.7 Å². The lowest BCUT2D eigenvalue weighted by Gasteiger charge is -2.46. The maximum absolute atomic E-state index is 11.5. The molecule has 1 spiro atoms. The Kier molecular flexibility index (Phi) is 2.06. The van der Waals surface area contributed by atoms with E-state index in [1.807, 2.05) is 6.92 Å². The first-order chi connectivity index (χ1) is 7.28. The summed E-state index contributed by atoms with van der Waals surface area (Å²) in [5.74, 6) is 1.35. The Bertz CT molecular complexity index is 289. The second kappa shape index (κ2) is 3.21. The van der Waals surface area contributed by atoms with Crippen LogP contribution in [0.2, 0.25) is 0 Å². The summed E-state index contributed by atoms with van der Waals surface area (Å²) in [4.78, 5) is 11.5. The molecule has 15 heavy (non-hydrogen) atoms. The van der Waals surface area contributed by atoms with Crippen molar-refractivity contribution in [1.82, 2.24) is 0 Å². The van der Waals surface area contributed by atoms with Gasteiger partial charge in [0.25, 0.3) is 0 Å². The Hall–Kier alpha value is -0.570. The minimum atomic E-state index is -0.225. The van der Waals surface area contributed by atoms with Crippen LogP contribution in [0.1, 0.15) is 39.0 Å². The zero-order chi connectivity index (χ0) is 10.5. The first-order valence-electron chi connectivity index (χ1n) is 6.12. The summed E-state index contributed by atoms with van der Waals surface area (Å²) < 4.78 is 10.7. The van der Waals surface area contributed by atoms with Gasteiger partial charge in [-0.1, -0.05) is 12.8 Å². The van der Waals surface area contributed by atoms with Crippen molar-refractivity contribution in [1.29, 1.82) is 0 Å². The molecule has 2 aliphatic carbocycles. The molecule has 2 saturated carbocycles. The molecule has 0 aromatic heterocycles. The Labute approximate surface area is 90.1 Å². The molecule has 84 valence electrons. The van der Waals surface area contributed by atoms with Gasteiger partial charge in [0.2, 0.25) is 0 Å². The van der Waals surface area contributed by atoms with E-state index in [4.69, 9.17) is 9.47 Å². The van der Waals surface area contributed by atoms with Crippen LogP contribution in [0.15, 0.2) is 0 Å². The van der Waals surface area contributed by atoms with Gasteiger partial charge >= 0.3 is 5.97 Å². The fourth-order valence-electron chi connectivity index (χ4n) is 3.58. The zero-order valence-corrected chi connectivity index (χ0v) is 9.20. The molecule has 0 aromatic carbocycles. The summed E-state index contributed by atoms with van der Waals surface area (Å²) in [5.41, 5.74) is -0.0721. The van der Waals surface area contributed by atoms with E-state index in [0.717, 1.165) is 12.3 Å².